The van der Waals surface area contributed by atoms with Gasteiger partial charge in [0.25, 0.3) is 11.5 Å². The van der Waals surface area contributed by atoms with E-state index in [9.17, 15) is 9.59 Å². The van der Waals surface area contributed by atoms with Crippen LogP contribution in [0.4, 0.5) is 0 Å². The van der Waals surface area contributed by atoms with Crippen LogP contribution >= 0.6 is 0 Å². The highest BCUT2D eigenvalue weighted by molar-refractivity contribution is 6.05. The summed E-state index contributed by atoms with van der Waals surface area (Å²) < 4.78 is 12.0. The van der Waals surface area contributed by atoms with E-state index in [2.05, 4.69) is 15.4 Å². The first-order chi connectivity index (χ1) is 14.1. The van der Waals surface area contributed by atoms with Crippen LogP contribution in [0.2, 0.25) is 0 Å². The molecule has 1 amide bonds. The van der Waals surface area contributed by atoms with Gasteiger partial charge in [-0.05, 0) is 43.5 Å². The Hall–Kier alpha value is -3.42. The molecule has 4 rings (SSSR count). The zero-order valence-corrected chi connectivity index (χ0v) is 16.6. The fourth-order valence-electron chi connectivity index (χ4n) is 3.77. The maximum atomic E-state index is 13.2. The smallest absolute Gasteiger partial charge is 0.274 e. The van der Waals surface area contributed by atoms with E-state index in [1.165, 1.54) is 18.9 Å². The Morgan fingerprint density at radius 2 is 1.97 bits per heavy atom. The lowest BCUT2D eigenvalue weighted by molar-refractivity contribution is 0.0930. The number of nitrogens with zero attached hydrogens (tertiary/aromatic N) is 3. The number of methoxy groups -OCH3 is 2. The van der Waals surface area contributed by atoms with E-state index < -0.39 is 0 Å². The zero-order chi connectivity index (χ0) is 20.5. The van der Waals surface area contributed by atoms with Gasteiger partial charge in [0, 0.05) is 18.1 Å². The van der Waals surface area contributed by atoms with Crippen LogP contribution in [0.5, 0.6) is 11.5 Å². The molecular weight excluding hydrogens is 372 g/mol. The molecule has 0 bridgehead atoms. The van der Waals surface area contributed by atoms with Crippen LogP contribution in [0.1, 0.15) is 41.1 Å². The number of fused-ring (bicyclic) bond motifs is 2. The van der Waals surface area contributed by atoms with Crippen molar-refractivity contribution >= 4 is 16.7 Å². The molecule has 29 heavy (non-hydrogen) atoms. The molecule has 1 aliphatic carbocycles. The van der Waals surface area contributed by atoms with E-state index in [0.717, 1.165) is 24.1 Å². The molecule has 3 aromatic rings. The van der Waals surface area contributed by atoms with Gasteiger partial charge in [-0.1, -0.05) is 6.07 Å². The summed E-state index contributed by atoms with van der Waals surface area (Å²) in [6.45, 7) is 2.15. The minimum Gasteiger partial charge on any atom is -0.493 e. The highest BCUT2D eigenvalue weighted by Gasteiger charge is 2.27. The van der Waals surface area contributed by atoms with E-state index >= 15 is 0 Å². The molecule has 8 heteroatoms. The molecular formula is C21H22N4O4. The molecule has 1 aromatic carbocycles. The third kappa shape index (κ3) is 3.20. The van der Waals surface area contributed by atoms with Crippen molar-refractivity contribution in [1.29, 1.82) is 0 Å². The second kappa shape index (κ2) is 7.54. The molecule has 2 heterocycles. The lowest BCUT2D eigenvalue weighted by atomic mass is 10.1. The summed E-state index contributed by atoms with van der Waals surface area (Å²) in [5, 5.41) is 8.13. The van der Waals surface area contributed by atoms with Crippen molar-refractivity contribution in [1.82, 2.24) is 20.1 Å². The molecule has 8 nitrogen and oxygen atoms in total. The molecule has 0 saturated heterocycles. The van der Waals surface area contributed by atoms with Gasteiger partial charge in [-0.2, -0.15) is 5.10 Å². The molecule has 0 radical (unpaired) electrons. The number of rotatable bonds is 5. The highest BCUT2D eigenvalue weighted by atomic mass is 16.5. The van der Waals surface area contributed by atoms with Crippen molar-refractivity contribution in [3.63, 3.8) is 0 Å². The third-order valence-corrected chi connectivity index (χ3v) is 5.24. The average molecular weight is 394 g/mol. The van der Waals surface area contributed by atoms with Crippen LogP contribution in [0.15, 0.2) is 35.3 Å². The number of hydrogen-bond acceptors (Lipinski definition) is 6. The van der Waals surface area contributed by atoms with Crippen LogP contribution in [0.25, 0.3) is 10.8 Å². The summed E-state index contributed by atoms with van der Waals surface area (Å²) in [5.74, 6) is 0.497. The molecule has 1 unspecified atom stereocenters. The quantitative estimate of drug-likeness (QED) is 0.713. The van der Waals surface area contributed by atoms with Gasteiger partial charge in [0.1, 0.15) is 0 Å². The second-order valence-electron chi connectivity index (χ2n) is 6.83. The molecule has 0 aliphatic heterocycles. The third-order valence-electron chi connectivity index (χ3n) is 5.24. The average Bonchev–Trinajstić information content (AvgIpc) is 3.16. The Morgan fingerprint density at radius 3 is 2.66 bits per heavy atom. The number of hydrogen-bond donors (Lipinski definition) is 1. The lowest BCUT2D eigenvalue weighted by Gasteiger charge is -2.16. The first-order valence-corrected chi connectivity index (χ1v) is 9.48. The van der Waals surface area contributed by atoms with E-state index in [-0.39, 0.29) is 23.2 Å². The number of carbonyl (C=O) groups is 1. The minimum absolute atomic E-state index is 0.173. The van der Waals surface area contributed by atoms with Gasteiger partial charge in [-0.3, -0.25) is 14.6 Å². The molecule has 0 fully saturated rings. The Kier molecular flexibility index (Phi) is 4.92. The minimum atomic E-state index is -0.354. The number of ether oxygens (including phenoxy) is 2. The SMILES string of the molecule is CCn1nc(C(=O)NC2CCc3cccnc32)c2cc(OC)c(OC)cc2c1=O. The van der Waals surface area contributed by atoms with Gasteiger partial charge >= 0.3 is 0 Å². The molecule has 2 aromatic heterocycles. The van der Waals surface area contributed by atoms with Crippen molar-refractivity contribution in [2.75, 3.05) is 14.2 Å². The van der Waals surface area contributed by atoms with Crippen molar-refractivity contribution < 1.29 is 14.3 Å². The molecule has 0 saturated carbocycles. The van der Waals surface area contributed by atoms with Crippen LogP contribution in [0, 0.1) is 0 Å². The summed E-state index contributed by atoms with van der Waals surface area (Å²) >= 11 is 0. The molecule has 1 N–H and O–H groups in total. The standard InChI is InChI=1S/C21H22N4O4/c1-4-25-21(27)14-11-17(29-3)16(28-2)10-13(14)19(24-25)20(26)23-15-8-7-12-6-5-9-22-18(12)15/h5-6,9-11,15H,4,7-8H2,1-3H3,(H,23,26). The number of aromatic nitrogens is 3. The van der Waals surface area contributed by atoms with Crippen molar-refractivity contribution in [3.8, 4) is 11.5 Å². The summed E-state index contributed by atoms with van der Waals surface area (Å²) in [5.41, 5.74) is 1.91. The second-order valence-corrected chi connectivity index (χ2v) is 6.83. The van der Waals surface area contributed by atoms with Crippen LogP contribution in [0.3, 0.4) is 0 Å². The predicted octanol–water partition coefficient (Wildman–Crippen LogP) is 2.25. The fourth-order valence-corrected chi connectivity index (χ4v) is 3.77. The molecule has 1 atom stereocenters. The van der Waals surface area contributed by atoms with Gasteiger partial charge in [-0.15, -0.1) is 0 Å². The van der Waals surface area contributed by atoms with Crippen molar-refractivity contribution in [2.24, 2.45) is 0 Å². The van der Waals surface area contributed by atoms with E-state index in [1.807, 2.05) is 12.1 Å². The number of aryl methyl sites for hydroxylation is 2. The number of nitrogens with one attached hydrogen (secondary N) is 1. The van der Waals surface area contributed by atoms with Gasteiger partial charge in [0.15, 0.2) is 17.2 Å². The Bertz CT molecular complexity index is 1160. The Morgan fingerprint density at radius 1 is 1.24 bits per heavy atom. The van der Waals surface area contributed by atoms with Crippen LogP contribution in [-0.4, -0.2) is 34.9 Å². The Balaban J connectivity index is 1.81. The summed E-state index contributed by atoms with van der Waals surface area (Å²) in [6, 6.07) is 6.95. The highest BCUT2D eigenvalue weighted by Crippen LogP contribution is 2.33. The monoisotopic (exact) mass is 394 g/mol. The predicted molar refractivity (Wildman–Crippen MR) is 108 cm³/mol. The maximum absolute atomic E-state index is 13.2. The van der Waals surface area contributed by atoms with Gasteiger partial charge < -0.3 is 14.8 Å². The summed E-state index contributed by atoms with van der Waals surface area (Å²) in [6.07, 6.45) is 3.37. The number of benzene rings is 1. The molecule has 150 valence electrons. The number of carbonyl (C=O) groups excluding carboxylic acids is 1. The largest absolute Gasteiger partial charge is 0.493 e. The summed E-state index contributed by atoms with van der Waals surface area (Å²) in [4.78, 5) is 30.4. The van der Waals surface area contributed by atoms with E-state index in [4.69, 9.17) is 9.47 Å². The lowest BCUT2D eigenvalue weighted by Crippen LogP contribution is -2.32. The van der Waals surface area contributed by atoms with Gasteiger partial charge in [-0.25, -0.2) is 4.68 Å². The van der Waals surface area contributed by atoms with Crippen molar-refractivity contribution in [2.45, 2.75) is 32.4 Å². The van der Waals surface area contributed by atoms with Gasteiger partial charge in [0.2, 0.25) is 0 Å². The zero-order valence-electron chi connectivity index (χ0n) is 16.6. The molecule has 0 spiro atoms. The fraction of sp³-hybridized carbons (Fsp3) is 0.333. The van der Waals surface area contributed by atoms with Crippen molar-refractivity contribution in [3.05, 3.63) is 57.8 Å². The van der Waals surface area contributed by atoms with Crippen LogP contribution < -0.4 is 20.3 Å². The summed E-state index contributed by atoms with van der Waals surface area (Å²) in [7, 11) is 3.01. The Labute approximate surface area is 167 Å². The van der Waals surface area contributed by atoms with Gasteiger partial charge in [0.05, 0.1) is 31.3 Å². The van der Waals surface area contributed by atoms with Crippen LogP contribution in [-0.2, 0) is 13.0 Å². The first-order valence-electron chi connectivity index (χ1n) is 9.48. The number of amides is 1. The topological polar surface area (TPSA) is 95.3 Å². The molecule has 1 aliphatic rings. The van der Waals surface area contributed by atoms with E-state index in [0.29, 0.717) is 28.8 Å². The number of pyridine rings is 1. The van der Waals surface area contributed by atoms with E-state index in [1.54, 1.807) is 25.3 Å². The first kappa shape index (κ1) is 18.9. The normalized spacial score (nSPS) is 15.2. The maximum Gasteiger partial charge on any atom is 0.274 e.